The number of carbonyl (C=O) groups is 1. The van der Waals surface area contributed by atoms with Crippen LogP contribution in [0.2, 0.25) is 37.3 Å². The van der Waals surface area contributed by atoms with Crippen molar-refractivity contribution in [3.05, 3.63) is 12.2 Å². The van der Waals surface area contributed by atoms with Gasteiger partial charge in [0.2, 0.25) is 0 Å². The Morgan fingerprint density at radius 1 is 1.04 bits per heavy atom. The van der Waals surface area contributed by atoms with E-state index < -0.39 is 16.4 Å². The Balaban J connectivity index is 5.38. The van der Waals surface area contributed by atoms with Crippen LogP contribution >= 0.6 is 0 Å². The summed E-state index contributed by atoms with van der Waals surface area (Å²) in [7, 11) is -3.57. The molecule has 0 aliphatic rings. The van der Waals surface area contributed by atoms with Crippen LogP contribution in [0.4, 0.5) is 0 Å². The number of hydrogen-bond donors (Lipinski definition) is 0. The van der Waals surface area contributed by atoms with Crippen LogP contribution in [-0.2, 0) is 14.0 Å². The average molecular weight is 415 g/mol. The molecule has 0 aliphatic carbocycles. The third-order valence-corrected chi connectivity index (χ3v) is 16.8. The molecule has 0 saturated carbocycles. The minimum absolute atomic E-state index is 0.0112. The maximum Gasteiger partial charge on any atom is 0.333 e. The van der Waals surface area contributed by atoms with E-state index in [9.17, 15) is 4.79 Å². The third-order valence-electron chi connectivity index (χ3n) is 7.21. The second kappa shape index (κ2) is 10.4. The monoisotopic (exact) mass is 414 g/mol. The first-order valence-electron chi connectivity index (χ1n) is 10.7. The smallest absolute Gasteiger partial charge is 0.333 e. The minimum atomic E-state index is -2.04. The molecular formula is C22H46O3Si2. The van der Waals surface area contributed by atoms with Crippen molar-refractivity contribution in [1.29, 1.82) is 0 Å². The molecule has 5 heteroatoms. The van der Waals surface area contributed by atoms with Crippen molar-refractivity contribution >= 4 is 22.4 Å². The molecule has 0 bridgehead atoms. The summed E-state index contributed by atoms with van der Waals surface area (Å²) < 4.78 is 12.5. The van der Waals surface area contributed by atoms with Gasteiger partial charge in [0.05, 0.1) is 14.7 Å². The molecular weight excluding hydrogens is 368 g/mol. The van der Waals surface area contributed by atoms with Crippen molar-refractivity contribution in [3.63, 3.8) is 0 Å². The second-order valence-corrected chi connectivity index (χ2v) is 19.5. The molecule has 0 spiro atoms. The molecule has 0 aliphatic heterocycles. The summed E-state index contributed by atoms with van der Waals surface area (Å²) >= 11 is 0. The fourth-order valence-electron chi connectivity index (χ4n) is 3.65. The first kappa shape index (κ1) is 26.6. The largest absolute Gasteiger partial charge is 0.462 e. The fourth-order valence-corrected chi connectivity index (χ4v) is 11.3. The van der Waals surface area contributed by atoms with E-state index in [0.29, 0.717) is 12.2 Å². The maximum atomic E-state index is 11.7. The van der Waals surface area contributed by atoms with Crippen molar-refractivity contribution in [1.82, 2.24) is 0 Å². The predicted molar refractivity (Wildman–Crippen MR) is 124 cm³/mol. The van der Waals surface area contributed by atoms with Crippen LogP contribution in [0, 0.1) is 0 Å². The standard InChI is InChI=1S/C22H46O3Si2/c1-12-15-18-26(8,9)22(7,14-3)25-27(10,11)21(6,13-2)16-17-24-20(23)19(4)5/h4,12-18H2,1-3,5-11H3. The lowest BCUT2D eigenvalue weighted by Gasteiger charge is -2.52. The Kier molecular flexibility index (Phi) is 10.2. The highest BCUT2D eigenvalue weighted by Gasteiger charge is 2.51. The zero-order chi connectivity index (χ0) is 21.5. The Labute approximate surface area is 171 Å². The first-order valence-corrected chi connectivity index (χ1v) is 16.9. The van der Waals surface area contributed by atoms with E-state index in [2.05, 4.69) is 67.4 Å². The van der Waals surface area contributed by atoms with Crippen LogP contribution in [0.25, 0.3) is 0 Å². The van der Waals surface area contributed by atoms with Crippen molar-refractivity contribution < 1.29 is 14.0 Å². The molecule has 0 aromatic heterocycles. The fraction of sp³-hybridized carbons (Fsp3) is 0.864. The van der Waals surface area contributed by atoms with Gasteiger partial charge < -0.3 is 9.16 Å². The number of esters is 1. The summed E-state index contributed by atoms with van der Waals surface area (Å²) in [4.78, 5) is 11.7. The van der Waals surface area contributed by atoms with E-state index in [4.69, 9.17) is 9.16 Å². The van der Waals surface area contributed by atoms with E-state index in [1.54, 1.807) is 6.92 Å². The van der Waals surface area contributed by atoms with Crippen LogP contribution in [0.3, 0.4) is 0 Å². The van der Waals surface area contributed by atoms with E-state index in [1.165, 1.54) is 18.9 Å². The van der Waals surface area contributed by atoms with Gasteiger partial charge >= 0.3 is 5.97 Å². The quantitative estimate of drug-likeness (QED) is 0.183. The van der Waals surface area contributed by atoms with E-state index in [-0.39, 0.29) is 16.2 Å². The highest BCUT2D eigenvalue weighted by atomic mass is 28.4. The molecule has 160 valence electrons. The van der Waals surface area contributed by atoms with Crippen molar-refractivity contribution in [2.24, 2.45) is 0 Å². The second-order valence-electron chi connectivity index (χ2n) is 9.76. The lowest BCUT2D eigenvalue weighted by Crippen LogP contribution is -2.60. The summed E-state index contributed by atoms with van der Waals surface area (Å²) in [6.07, 6.45) is 5.49. The predicted octanol–water partition coefficient (Wildman–Crippen LogP) is 7.10. The average Bonchev–Trinajstić information content (AvgIpc) is 2.58. The van der Waals surface area contributed by atoms with Gasteiger partial charge in [-0.05, 0) is 44.8 Å². The van der Waals surface area contributed by atoms with Gasteiger partial charge in [0.25, 0.3) is 0 Å². The van der Waals surface area contributed by atoms with Crippen LogP contribution in [0.1, 0.15) is 73.6 Å². The van der Waals surface area contributed by atoms with Gasteiger partial charge in [-0.2, -0.15) is 0 Å². The summed E-state index contributed by atoms with van der Waals surface area (Å²) in [6, 6.07) is 1.32. The Morgan fingerprint density at radius 3 is 2.00 bits per heavy atom. The number of rotatable bonds is 13. The van der Waals surface area contributed by atoms with Crippen molar-refractivity contribution in [2.75, 3.05) is 6.61 Å². The Bertz CT molecular complexity index is 502. The third kappa shape index (κ3) is 6.86. The molecule has 0 N–H and O–H groups in total. The number of ether oxygens (including phenoxy) is 1. The topological polar surface area (TPSA) is 35.5 Å². The van der Waals surface area contributed by atoms with Gasteiger partial charge in [-0.25, -0.2) is 4.79 Å². The van der Waals surface area contributed by atoms with Crippen molar-refractivity contribution in [3.8, 4) is 0 Å². The van der Waals surface area contributed by atoms with Gasteiger partial charge in [-0.1, -0.05) is 72.7 Å². The van der Waals surface area contributed by atoms with E-state index in [1.807, 2.05) is 0 Å². The summed E-state index contributed by atoms with van der Waals surface area (Å²) in [5, 5.41) is 0.0523. The lowest BCUT2D eigenvalue weighted by molar-refractivity contribution is -0.139. The molecule has 0 aromatic carbocycles. The van der Waals surface area contributed by atoms with Crippen molar-refractivity contribution in [2.45, 2.75) is 116 Å². The number of carbonyl (C=O) groups excluding carboxylic acids is 1. The molecule has 27 heavy (non-hydrogen) atoms. The van der Waals surface area contributed by atoms with Gasteiger partial charge in [0, 0.05) is 10.8 Å². The molecule has 0 fully saturated rings. The molecule has 2 atom stereocenters. The lowest BCUT2D eigenvalue weighted by atomic mass is 10.0. The Hall–Kier alpha value is -0.396. The van der Waals surface area contributed by atoms with Gasteiger partial charge in [-0.15, -0.1) is 0 Å². The normalized spacial score (nSPS) is 17.1. The van der Waals surface area contributed by atoms with E-state index in [0.717, 1.165) is 19.3 Å². The Morgan fingerprint density at radius 2 is 1.59 bits per heavy atom. The van der Waals surface area contributed by atoms with Crippen LogP contribution in [0.15, 0.2) is 12.2 Å². The SMILES string of the molecule is C=C(C)C(=O)OCCC(C)(CC)[Si](C)(C)OC(C)(CC)[Si](C)(C)CCCC. The molecule has 0 rings (SSSR count). The number of hydrogen-bond acceptors (Lipinski definition) is 3. The molecule has 0 radical (unpaired) electrons. The van der Waals surface area contributed by atoms with E-state index >= 15 is 0 Å². The highest BCUT2D eigenvalue weighted by molar-refractivity contribution is 6.82. The zero-order valence-electron chi connectivity index (χ0n) is 19.9. The molecule has 0 aromatic rings. The molecule has 0 saturated heterocycles. The zero-order valence-corrected chi connectivity index (χ0v) is 21.9. The van der Waals surface area contributed by atoms with Crippen LogP contribution < -0.4 is 0 Å². The minimum Gasteiger partial charge on any atom is -0.462 e. The van der Waals surface area contributed by atoms with Gasteiger partial charge in [0.15, 0.2) is 8.32 Å². The number of unbranched alkanes of at least 4 members (excludes halogenated alkanes) is 1. The highest BCUT2D eigenvalue weighted by Crippen LogP contribution is 2.48. The summed E-state index contributed by atoms with van der Waals surface area (Å²) in [5.74, 6) is -0.291. The molecule has 2 unspecified atom stereocenters. The maximum absolute atomic E-state index is 11.7. The molecule has 0 heterocycles. The van der Waals surface area contributed by atoms with Gasteiger partial charge in [-0.3, -0.25) is 0 Å². The van der Waals surface area contributed by atoms with Crippen LogP contribution in [0.5, 0.6) is 0 Å². The molecule has 3 nitrogen and oxygen atoms in total. The van der Waals surface area contributed by atoms with Crippen LogP contribution in [-0.4, -0.2) is 34.2 Å². The molecule has 0 amide bonds. The summed E-state index contributed by atoms with van der Waals surface area (Å²) in [5.41, 5.74) is 0.461. The summed E-state index contributed by atoms with van der Waals surface area (Å²) in [6.45, 7) is 27.0. The first-order chi connectivity index (χ1) is 12.2. The van der Waals surface area contributed by atoms with Gasteiger partial charge in [0.1, 0.15) is 0 Å².